The van der Waals surface area contributed by atoms with Crippen molar-refractivity contribution in [3.05, 3.63) is 65.7 Å². The first-order valence-electron chi connectivity index (χ1n) is 12.3. The molecule has 0 aliphatic heterocycles. The Morgan fingerprint density at radius 2 is 1.61 bits per heavy atom. The van der Waals surface area contributed by atoms with Crippen LogP contribution in [0.1, 0.15) is 51.7 Å². The summed E-state index contributed by atoms with van der Waals surface area (Å²) in [5.41, 5.74) is -0.610. The van der Waals surface area contributed by atoms with E-state index >= 15 is 0 Å². The van der Waals surface area contributed by atoms with E-state index in [0.29, 0.717) is 6.42 Å². The van der Waals surface area contributed by atoms with Crippen molar-refractivity contribution in [2.75, 3.05) is 23.7 Å². The lowest BCUT2D eigenvalue weighted by Gasteiger charge is -2.32. The van der Waals surface area contributed by atoms with Gasteiger partial charge >= 0.3 is 6.18 Å². The van der Waals surface area contributed by atoms with Crippen LogP contribution < -0.4 is 9.62 Å². The fraction of sp³-hybridized carbons (Fsp3) is 0.481. The van der Waals surface area contributed by atoms with Crippen LogP contribution in [0.5, 0.6) is 0 Å². The van der Waals surface area contributed by atoms with Gasteiger partial charge in [0.2, 0.25) is 21.8 Å². The molecule has 0 saturated carbocycles. The molecule has 1 atom stereocenters. The van der Waals surface area contributed by atoms with Gasteiger partial charge in [-0.25, -0.2) is 8.42 Å². The molecule has 0 aliphatic rings. The minimum atomic E-state index is -4.63. The molecule has 0 saturated heterocycles. The van der Waals surface area contributed by atoms with Gasteiger partial charge in [-0.3, -0.25) is 13.9 Å². The number of halogens is 3. The van der Waals surface area contributed by atoms with Gasteiger partial charge in [-0.05, 0) is 64.3 Å². The zero-order chi connectivity index (χ0) is 28.7. The quantitative estimate of drug-likeness (QED) is 0.438. The molecule has 7 nitrogen and oxygen atoms in total. The molecule has 0 spiro atoms. The normalized spacial score (nSPS) is 13.1. The molecule has 1 N–H and O–H groups in total. The first-order valence-corrected chi connectivity index (χ1v) is 14.1. The van der Waals surface area contributed by atoms with E-state index in [9.17, 15) is 31.2 Å². The molecule has 2 aromatic carbocycles. The average molecular weight is 556 g/mol. The standard InChI is InChI=1S/C27H36F3N3O4S/c1-20(25(35)31-26(2,3)4)32(18-16-21-11-7-6-8-12-21)24(34)15-10-17-33(38(5,36)37)23-14-9-13-22(19-23)27(28,29)30/h6-9,11-14,19-20H,10,15-18H2,1-5H3,(H,31,35)/t20-/m1/s1. The number of hydrogen-bond acceptors (Lipinski definition) is 4. The number of alkyl halides is 3. The first-order chi connectivity index (χ1) is 17.5. The van der Waals surface area contributed by atoms with Crippen molar-refractivity contribution in [1.29, 1.82) is 0 Å². The van der Waals surface area contributed by atoms with Crippen LogP contribution in [-0.4, -0.2) is 56.1 Å². The molecule has 0 unspecified atom stereocenters. The second-order valence-electron chi connectivity index (χ2n) is 10.2. The maximum absolute atomic E-state index is 13.3. The average Bonchev–Trinajstić information content (AvgIpc) is 2.80. The van der Waals surface area contributed by atoms with Crippen LogP contribution in [-0.2, 0) is 32.2 Å². The Kier molecular flexibility index (Phi) is 10.4. The van der Waals surface area contributed by atoms with E-state index in [2.05, 4.69) is 5.32 Å². The molecule has 11 heteroatoms. The Morgan fingerprint density at radius 3 is 2.16 bits per heavy atom. The van der Waals surface area contributed by atoms with Gasteiger partial charge < -0.3 is 10.2 Å². The van der Waals surface area contributed by atoms with Gasteiger partial charge in [0.05, 0.1) is 17.5 Å². The molecule has 210 valence electrons. The molecular weight excluding hydrogens is 519 g/mol. The van der Waals surface area contributed by atoms with Crippen LogP contribution in [0.4, 0.5) is 18.9 Å². The lowest BCUT2D eigenvalue weighted by Crippen LogP contribution is -2.53. The number of carbonyl (C=O) groups is 2. The molecule has 0 aromatic heterocycles. The van der Waals surface area contributed by atoms with E-state index < -0.39 is 33.3 Å². The van der Waals surface area contributed by atoms with Crippen LogP contribution in [0.15, 0.2) is 54.6 Å². The summed E-state index contributed by atoms with van der Waals surface area (Å²) in [7, 11) is -3.92. The number of hydrogen-bond donors (Lipinski definition) is 1. The van der Waals surface area contributed by atoms with E-state index in [-0.39, 0.29) is 43.4 Å². The van der Waals surface area contributed by atoms with Gasteiger partial charge in [-0.2, -0.15) is 13.2 Å². The first kappa shape index (κ1) is 31.1. The summed E-state index contributed by atoms with van der Waals surface area (Å²) in [4.78, 5) is 27.6. The monoisotopic (exact) mass is 555 g/mol. The molecule has 38 heavy (non-hydrogen) atoms. The third-order valence-electron chi connectivity index (χ3n) is 5.76. The summed E-state index contributed by atoms with van der Waals surface area (Å²) in [5, 5.41) is 2.87. The zero-order valence-electron chi connectivity index (χ0n) is 22.4. The van der Waals surface area contributed by atoms with Crippen molar-refractivity contribution in [1.82, 2.24) is 10.2 Å². The molecule has 0 heterocycles. The topological polar surface area (TPSA) is 86.8 Å². The van der Waals surface area contributed by atoms with Gasteiger partial charge in [0.15, 0.2) is 0 Å². The van der Waals surface area contributed by atoms with Gasteiger partial charge in [0.1, 0.15) is 6.04 Å². The maximum atomic E-state index is 13.3. The highest BCUT2D eigenvalue weighted by atomic mass is 32.2. The van der Waals surface area contributed by atoms with Crippen LogP contribution >= 0.6 is 0 Å². The van der Waals surface area contributed by atoms with E-state index in [0.717, 1.165) is 34.3 Å². The van der Waals surface area contributed by atoms with E-state index in [4.69, 9.17) is 0 Å². The van der Waals surface area contributed by atoms with Crippen molar-refractivity contribution in [2.24, 2.45) is 0 Å². The van der Waals surface area contributed by atoms with Gasteiger partial charge in [0.25, 0.3) is 0 Å². The fourth-order valence-electron chi connectivity index (χ4n) is 3.89. The van der Waals surface area contributed by atoms with Gasteiger partial charge in [0, 0.05) is 25.0 Å². The minimum absolute atomic E-state index is 0.0532. The molecule has 2 rings (SSSR count). The summed E-state index contributed by atoms with van der Waals surface area (Å²) in [6, 6.07) is 12.8. The number of carbonyl (C=O) groups excluding carboxylic acids is 2. The number of nitrogens with zero attached hydrogens (tertiary/aromatic N) is 2. The minimum Gasteiger partial charge on any atom is -0.350 e. The van der Waals surface area contributed by atoms with Crippen molar-refractivity contribution in [3.8, 4) is 0 Å². The Bertz CT molecular complexity index is 1200. The Morgan fingerprint density at radius 1 is 0.974 bits per heavy atom. The lowest BCUT2D eigenvalue weighted by molar-refractivity contribution is -0.140. The summed E-state index contributed by atoms with van der Waals surface area (Å²) < 4.78 is 65.1. The molecule has 0 radical (unpaired) electrons. The Balaban J connectivity index is 2.18. The second kappa shape index (κ2) is 12.6. The second-order valence-corrected chi connectivity index (χ2v) is 12.1. The number of sulfonamides is 1. The summed E-state index contributed by atoms with van der Waals surface area (Å²) in [6.45, 7) is 7.21. The highest BCUT2D eigenvalue weighted by Crippen LogP contribution is 2.32. The highest BCUT2D eigenvalue weighted by molar-refractivity contribution is 7.92. The van der Waals surface area contributed by atoms with Crippen molar-refractivity contribution >= 4 is 27.5 Å². The Hall–Kier alpha value is -3.08. The highest BCUT2D eigenvalue weighted by Gasteiger charge is 2.32. The molecule has 0 aliphatic carbocycles. The zero-order valence-corrected chi connectivity index (χ0v) is 23.2. The fourth-order valence-corrected chi connectivity index (χ4v) is 4.84. The lowest BCUT2D eigenvalue weighted by atomic mass is 10.1. The summed E-state index contributed by atoms with van der Waals surface area (Å²) >= 11 is 0. The van der Waals surface area contributed by atoms with Crippen LogP contribution in [0.3, 0.4) is 0 Å². The number of rotatable bonds is 11. The van der Waals surface area contributed by atoms with Crippen LogP contribution in [0, 0.1) is 0 Å². The number of nitrogens with one attached hydrogen (secondary N) is 1. The SMILES string of the molecule is C[C@H](C(=O)NC(C)(C)C)N(CCc1ccccc1)C(=O)CCCN(c1cccc(C(F)(F)F)c1)S(C)(=O)=O. The van der Waals surface area contributed by atoms with Crippen molar-refractivity contribution < 1.29 is 31.2 Å². The summed E-state index contributed by atoms with van der Waals surface area (Å²) in [6.07, 6.45) is -3.25. The third kappa shape index (κ3) is 9.66. The molecule has 0 fully saturated rings. The Labute approximate surface area is 223 Å². The molecule has 0 bridgehead atoms. The van der Waals surface area contributed by atoms with Crippen molar-refractivity contribution in [3.63, 3.8) is 0 Å². The van der Waals surface area contributed by atoms with Gasteiger partial charge in [-0.1, -0.05) is 36.4 Å². The number of benzene rings is 2. The van der Waals surface area contributed by atoms with E-state index in [1.807, 2.05) is 51.1 Å². The molecule has 2 aromatic rings. The van der Waals surface area contributed by atoms with Gasteiger partial charge in [-0.15, -0.1) is 0 Å². The largest absolute Gasteiger partial charge is 0.416 e. The van der Waals surface area contributed by atoms with E-state index in [1.54, 1.807) is 6.92 Å². The third-order valence-corrected chi connectivity index (χ3v) is 6.96. The predicted octanol–water partition coefficient (Wildman–Crippen LogP) is 4.63. The number of amides is 2. The maximum Gasteiger partial charge on any atom is 0.416 e. The molecule has 2 amide bonds. The molecular formula is C27H36F3N3O4S. The predicted molar refractivity (Wildman–Crippen MR) is 142 cm³/mol. The number of anilines is 1. The van der Waals surface area contributed by atoms with Crippen molar-refractivity contribution in [2.45, 2.75) is 64.7 Å². The smallest absolute Gasteiger partial charge is 0.350 e. The van der Waals surface area contributed by atoms with E-state index in [1.165, 1.54) is 11.0 Å². The van der Waals surface area contributed by atoms with Crippen LogP contribution in [0.25, 0.3) is 0 Å². The van der Waals surface area contributed by atoms with Crippen LogP contribution in [0.2, 0.25) is 0 Å². The summed E-state index contributed by atoms with van der Waals surface area (Å²) in [5.74, 6) is -0.671.